The number of nitrogens with zero attached hydrogens (tertiary/aromatic N) is 3. The molecule has 0 aliphatic heterocycles. The van der Waals surface area contributed by atoms with Crippen LogP contribution in [0.3, 0.4) is 0 Å². The quantitative estimate of drug-likeness (QED) is 0.0548. The smallest absolute Gasteiger partial charge is 0.335 e. The maximum atomic E-state index is 11.5. The van der Waals surface area contributed by atoms with Crippen LogP contribution in [0.15, 0.2) is 60.9 Å². The van der Waals surface area contributed by atoms with Gasteiger partial charge in [-0.2, -0.15) is 0 Å². The van der Waals surface area contributed by atoms with E-state index in [0.29, 0.717) is 29.2 Å². The first-order chi connectivity index (χ1) is 24.1. The SMILES string of the molecule is CCCCCCCCCCCCCCCCCCCCc1ccc(-c2ccnc(-c3cc(OC=O)cc(-c4cc(C(=O)O)ccn4)n3)c2)s1. The zero-order chi connectivity index (χ0) is 34.5. The lowest BCUT2D eigenvalue weighted by atomic mass is 10.0. The average Bonchev–Trinajstić information content (AvgIpc) is 3.60. The number of carbonyl (C=O) groups is 2. The number of carboxylic acid groups (broad SMARTS) is 1. The number of hydrogen-bond donors (Lipinski definition) is 1. The Kier molecular flexibility index (Phi) is 17.0. The highest BCUT2D eigenvalue weighted by Gasteiger charge is 2.14. The molecule has 0 amide bonds. The van der Waals surface area contributed by atoms with Crippen molar-refractivity contribution in [3.05, 3.63) is 71.4 Å². The van der Waals surface area contributed by atoms with E-state index in [-0.39, 0.29) is 11.3 Å². The third kappa shape index (κ3) is 13.5. The molecule has 4 rings (SSSR count). The molecule has 0 fully saturated rings. The van der Waals surface area contributed by atoms with Crippen molar-refractivity contribution in [3.8, 4) is 39.0 Å². The first kappa shape index (κ1) is 37.9. The molecule has 4 heterocycles. The Morgan fingerprint density at radius 3 is 1.76 bits per heavy atom. The fourth-order valence-corrected chi connectivity index (χ4v) is 7.23. The van der Waals surface area contributed by atoms with Gasteiger partial charge < -0.3 is 9.84 Å². The second-order valence-electron chi connectivity index (χ2n) is 13.0. The average molecular weight is 684 g/mol. The fraction of sp³-hybridized carbons (Fsp3) is 0.488. The van der Waals surface area contributed by atoms with E-state index in [4.69, 9.17) is 9.72 Å². The van der Waals surface area contributed by atoms with Crippen molar-refractivity contribution < 1.29 is 19.4 Å². The van der Waals surface area contributed by atoms with Gasteiger partial charge in [-0.25, -0.2) is 9.78 Å². The van der Waals surface area contributed by atoms with E-state index >= 15 is 0 Å². The summed E-state index contributed by atoms with van der Waals surface area (Å²) in [5.41, 5.74) is 2.98. The van der Waals surface area contributed by atoms with Gasteiger partial charge in [0.25, 0.3) is 6.47 Å². The van der Waals surface area contributed by atoms with Crippen LogP contribution in [0, 0.1) is 0 Å². The number of aromatic nitrogens is 3. The third-order valence-electron chi connectivity index (χ3n) is 9.00. The molecule has 49 heavy (non-hydrogen) atoms. The van der Waals surface area contributed by atoms with Gasteiger partial charge in [-0.1, -0.05) is 116 Å². The fourth-order valence-electron chi connectivity index (χ4n) is 6.19. The van der Waals surface area contributed by atoms with Gasteiger partial charge in [0.1, 0.15) is 5.75 Å². The van der Waals surface area contributed by atoms with Crippen LogP contribution in [0.25, 0.3) is 33.2 Å². The molecule has 262 valence electrons. The van der Waals surface area contributed by atoms with Gasteiger partial charge in [0.2, 0.25) is 0 Å². The molecule has 0 saturated carbocycles. The van der Waals surface area contributed by atoms with Crippen molar-refractivity contribution in [3.63, 3.8) is 0 Å². The number of pyridine rings is 3. The molecule has 0 saturated heterocycles. The molecule has 4 aromatic rings. The first-order valence-corrected chi connectivity index (χ1v) is 19.3. The number of aromatic carboxylic acids is 1. The zero-order valence-corrected chi connectivity index (χ0v) is 30.0. The van der Waals surface area contributed by atoms with Gasteiger partial charge in [0, 0.05) is 34.3 Å². The molecular formula is C41H53N3O4S. The van der Waals surface area contributed by atoms with Crippen molar-refractivity contribution in [1.29, 1.82) is 0 Å². The number of carbonyl (C=O) groups excluding carboxylic acids is 1. The topological polar surface area (TPSA) is 102 Å². The van der Waals surface area contributed by atoms with Gasteiger partial charge in [-0.05, 0) is 54.8 Å². The van der Waals surface area contributed by atoms with Gasteiger partial charge in [0.15, 0.2) is 0 Å². The summed E-state index contributed by atoms with van der Waals surface area (Å²) in [5, 5.41) is 9.40. The Bertz CT molecular complexity index is 1570. The second kappa shape index (κ2) is 21.9. The number of unbranched alkanes of at least 4 members (excludes halogenated alkanes) is 17. The normalized spacial score (nSPS) is 11.1. The molecule has 0 atom stereocenters. The van der Waals surface area contributed by atoms with Gasteiger partial charge in [-0.15, -0.1) is 11.3 Å². The minimum Gasteiger partial charge on any atom is -0.478 e. The maximum absolute atomic E-state index is 11.5. The maximum Gasteiger partial charge on any atom is 0.335 e. The molecule has 0 aliphatic carbocycles. The van der Waals surface area contributed by atoms with E-state index < -0.39 is 5.97 Å². The van der Waals surface area contributed by atoms with Gasteiger partial charge >= 0.3 is 5.97 Å². The standard InChI is InChI=1S/C41H53N3O4S/c1-2-3-4-5-6-7-8-9-10-11-12-13-14-15-16-17-18-19-20-35-21-22-40(49-35)32-23-25-42-36(27-32)38-29-34(48-31-45)30-39(44-38)37-28-33(41(46)47)24-26-43-37/h21-31H,2-20H2,1H3,(H,46,47). The molecule has 1 N–H and O–H groups in total. The van der Waals surface area contributed by atoms with Crippen LogP contribution in [0.5, 0.6) is 5.75 Å². The minimum atomic E-state index is -1.06. The van der Waals surface area contributed by atoms with Crippen LogP contribution in [-0.2, 0) is 11.2 Å². The molecular weight excluding hydrogens is 631 g/mol. The summed E-state index contributed by atoms with van der Waals surface area (Å²) in [6.07, 6.45) is 29.2. The van der Waals surface area contributed by atoms with Crippen molar-refractivity contribution in [2.24, 2.45) is 0 Å². The summed E-state index contributed by atoms with van der Waals surface area (Å²) in [6.45, 7) is 2.63. The van der Waals surface area contributed by atoms with Crippen LogP contribution in [-0.4, -0.2) is 32.5 Å². The summed E-state index contributed by atoms with van der Waals surface area (Å²) in [7, 11) is 0. The molecule has 0 radical (unpaired) electrons. The highest BCUT2D eigenvalue weighted by molar-refractivity contribution is 7.15. The van der Waals surface area contributed by atoms with Gasteiger partial charge in [0.05, 0.1) is 28.3 Å². The Labute approximate surface area is 296 Å². The summed E-state index contributed by atoms with van der Waals surface area (Å²) in [5.74, 6) is -0.790. The van der Waals surface area contributed by atoms with E-state index in [0.717, 1.165) is 16.9 Å². The van der Waals surface area contributed by atoms with Crippen molar-refractivity contribution in [2.45, 2.75) is 129 Å². The largest absolute Gasteiger partial charge is 0.478 e. The Morgan fingerprint density at radius 1 is 0.673 bits per heavy atom. The number of aryl methyl sites for hydroxylation is 1. The molecule has 8 heteroatoms. The van der Waals surface area contributed by atoms with Crippen LogP contribution in [0.4, 0.5) is 0 Å². The Morgan fingerprint density at radius 2 is 1.20 bits per heavy atom. The van der Waals surface area contributed by atoms with Crippen LogP contribution in [0.1, 0.15) is 138 Å². The number of rotatable bonds is 25. The molecule has 0 bridgehead atoms. The zero-order valence-electron chi connectivity index (χ0n) is 29.2. The van der Waals surface area contributed by atoms with Crippen LogP contribution >= 0.6 is 11.3 Å². The van der Waals surface area contributed by atoms with Crippen LogP contribution < -0.4 is 4.74 Å². The molecule has 0 spiro atoms. The molecule has 0 aliphatic rings. The van der Waals surface area contributed by atoms with Crippen LogP contribution in [0.2, 0.25) is 0 Å². The number of ether oxygens (including phenoxy) is 1. The number of hydrogen-bond acceptors (Lipinski definition) is 7. The third-order valence-corrected chi connectivity index (χ3v) is 10.2. The molecule has 0 aromatic carbocycles. The highest BCUT2D eigenvalue weighted by Crippen LogP contribution is 2.33. The number of carboxylic acids is 1. The van der Waals surface area contributed by atoms with E-state index in [2.05, 4.69) is 29.0 Å². The summed E-state index contributed by atoms with van der Waals surface area (Å²) in [4.78, 5) is 38.7. The predicted molar refractivity (Wildman–Crippen MR) is 200 cm³/mol. The summed E-state index contributed by atoms with van der Waals surface area (Å²) < 4.78 is 5.15. The first-order valence-electron chi connectivity index (χ1n) is 18.4. The molecule has 0 unspecified atom stereocenters. The minimum absolute atomic E-state index is 0.0914. The lowest BCUT2D eigenvalue weighted by Gasteiger charge is -2.09. The second-order valence-corrected chi connectivity index (χ2v) is 14.1. The van der Waals surface area contributed by atoms with Gasteiger partial charge in [-0.3, -0.25) is 14.8 Å². The predicted octanol–water partition coefficient (Wildman–Crippen LogP) is 11.8. The van der Waals surface area contributed by atoms with E-state index in [1.165, 1.54) is 139 Å². The van der Waals surface area contributed by atoms with E-state index in [1.54, 1.807) is 18.3 Å². The lowest BCUT2D eigenvalue weighted by Crippen LogP contribution is -1.99. The number of thiophene rings is 1. The lowest BCUT2D eigenvalue weighted by molar-refractivity contribution is -0.120. The van der Waals surface area contributed by atoms with E-state index in [1.807, 2.05) is 23.5 Å². The summed E-state index contributed by atoms with van der Waals surface area (Å²) >= 11 is 1.81. The highest BCUT2D eigenvalue weighted by atomic mass is 32.1. The molecule has 7 nitrogen and oxygen atoms in total. The summed E-state index contributed by atoms with van der Waals surface area (Å²) in [6, 6.07) is 14.4. The van der Waals surface area contributed by atoms with Crippen molar-refractivity contribution in [1.82, 2.24) is 15.0 Å². The van der Waals surface area contributed by atoms with Crippen molar-refractivity contribution in [2.75, 3.05) is 0 Å². The van der Waals surface area contributed by atoms with Crippen molar-refractivity contribution >= 4 is 23.8 Å². The monoisotopic (exact) mass is 683 g/mol. The Hall–Kier alpha value is -3.91. The Balaban J connectivity index is 1.17. The molecule has 4 aromatic heterocycles. The van der Waals surface area contributed by atoms with E-state index in [9.17, 15) is 14.7 Å².